The molecule has 1 atom stereocenters. The zero-order chi connectivity index (χ0) is 14.0. The Hall–Kier alpha value is -1.68. The Labute approximate surface area is 114 Å². The first-order valence-corrected chi connectivity index (χ1v) is 6.71. The minimum absolute atomic E-state index is 0.309. The van der Waals surface area contributed by atoms with Gasteiger partial charge in [0, 0.05) is 30.0 Å². The highest BCUT2D eigenvalue weighted by molar-refractivity contribution is 5.39. The normalized spacial score (nSPS) is 12.9. The Kier molecular flexibility index (Phi) is 4.00. The third-order valence-electron chi connectivity index (χ3n) is 3.56. The average molecular weight is 258 g/mol. The van der Waals surface area contributed by atoms with Crippen molar-refractivity contribution in [1.82, 2.24) is 14.5 Å². The summed E-state index contributed by atoms with van der Waals surface area (Å²) >= 11 is 0. The van der Waals surface area contributed by atoms with Crippen LogP contribution in [0, 0.1) is 19.8 Å². The molecule has 4 heteroatoms. The van der Waals surface area contributed by atoms with Crippen molar-refractivity contribution in [3.8, 4) is 5.69 Å². The predicted molar refractivity (Wildman–Crippen MR) is 77.5 cm³/mol. The summed E-state index contributed by atoms with van der Waals surface area (Å²) in [6, 6.07) is 4.12. The van der Waals surface area contributed by atoms with E-state index < -0.39 is 0 Å². The highest BCUT2D eigenvalue weighted by Crippen LogP contribution is 2.26. The highest BCUT2D eigenvalue weighted by atomic mass is 15.1. The molecular weight excluding hydrogens is 236 g/mol. The van der Waals surface area contributed by atoms with Crippen molar-refractivity contribution in [3.05, 3.63) is 41.7 Å². The number of aromatic nitrogens is 3. The summed E-state index contributed by atoms with van der Waals surface area (Å²) in [6.45, 7) is 9.03. The van der Waals surface area contributed by atoms with Crippen molar-refractivity contribution >= 4 is 0 Å². The molecule has 0 radical (unpaired) electrons. The summed E-state index contributed by atoms with van der Waals surface area (Å²) in [5, 5.41) is 0. The number of rotatable bonds is 4. The monoisotopic (exact) mass is 258 g/mol. The van der Waals surface area contributed by atoms with Gasteiger partial charge in [-0.25, -0.2) is 4.98 Å². The second kappa shape index (κ2) is 5.53. The van der Waals surface area contributed by atoms with Crippen LogP contribution in [0.1, 0.15) is 36.8 Å². The number of hydrogen-bond acceptors (Lipinski definition) is 3. The second-order valence-corrected chi connectivity index (χ2v) is 5.33. The summed E-state index contributed by atoms with van der Waals surface area (Å²) in [5.74, 6) is 0.794. The first-order valence-electron chi connectivity index (χ1n) is 6.71. The fourth-order valence-electron chi connectivity index (χ4n) is 2.45. The molecule has 0 aliphatic heterocycles. The van der Waals surface area contributed by atoms with E-state index >= 15 is 0 Å². The van der Waals surface area contributed by atoms with Crippen LogP contribution in [0.4, 0.5) is 0 Å². The van der Waals surface area contributed by atoms with E-state index in [4.69, 9.17) is 5.73 Å². The zero-order valence-corrected chi connectivity index (χ0v) is 12.1. The molecular formula is C15H22N4. The van der Waals surface area contributed by atoms with Crippen molar-refractivity contribution in [2.24, 2.45) is 11.7 Å². The number of pyridine rings is 1. The molecule has 19 heavy (non-hydrogen) atoms. The molecule has 1 unspecified atom stereocenters. The molecule has 2 heterocycles. The molecule has 0 aromatic carbocycles. The molecule has 0 aliphatic carbocycles. The van der Waals surface area contributed by atoms with E-state index in [9.17, 15) is 0 Å². The van der Waals surface area contributed by atoms with Crippen LogP contribution in [0.15, 0.2) is 24.7 Å². The lowest BCUT2D eigenvalue weighted by atomic mass is 9.93. The van der Waals surface area contributed by atoms with Crippen molar-refractivity contribution in [3.63, 3.8) is 0 Å². The van der Waals surface area contributed by atoms with Crippen molar-refractivity contribution in [1.29, 1.82) is 0 Å². The third kappa shape index (κ3) is 2.68. The standard InChI is InChI=1S/C15H22N4/c1-10(2)13(7-16)15-8-17-9-19(15)14-6-5-11(3)18-12(14)4/h5-6,8-10,13H,7,16H2,1-4H3. The molecule has 0 fully saturated rings. The summed E-state index contributed by atoms with van der Waals surface area (Å²) in [4.78, 5) is 8.81. The van der Waals surface area contributed by atoms with Gasteiger partial charge < -0.3 is 10.3 Å². The maximum absolute atomic E-state index is 5.92. The molecule has 0 saturated carbocycles. The Balaban J connectivity index is 2.49. The van der Waals surface area contributed by atoms with Gasteiger partial charge in [0.25, 0.3) is 0 Å². The molecule has 0 bridgehead atoms. The molecule has 102 valence electrons. The number of nitrogens with two attached hydrogens (primary N) is 1. The Bertz CT molecular complexity index is 557. The molecule has 2 rings (SSSR count). The lowest BCUT2D eigenvalue weighted by Gasteiger charge is -2.21. The van der Waals surface area contributed by atoms with Gasteiger partial charge in [-0.2, -0.15) is 0 Å². The summed E-state index contributed by atoms with van der Waals surface area (Å²) in [5.41, 5.74) is 10.2. The Morgan fingerprint density at radius 1 is 1.26 bits per heavy atom. The van der Waals surface area contributed by atoms with Crippen LogP contribution in [0.25, 0.3) is 5.69 Å². The summed E-state index contributed by atoms with van der Waals surface area (Å²) < 4.78 is 2.11. The third-order valence-corrected chi connectivity index (χ3v) is 3.56. The minimum Gasteiger partial charge on any atom is -0.330 e. The molecule has 0 spiro atoms. The number of aryl methyl sites for hydroxylation is 2. The Morgan fingerprint density at radius 2 is 2.00 bits per heavy atom. The van der Waals surface area contributed by atoms with Gasteiger partial charge in [-0.3, -0.25) is 4.98 Å². The van der Waals surface area contributed by atoms with E-state index in [1.165, 1.54) is 0 Å². The van der Waals surface area contributed by atoms with E-state index in [2.05, 4.69) is 34.4 Å². The molecule has 2 aromatic heterocycles. The van der Waals surface area contributed by atoms with Gasteiger partial charge in [0.05, 0.1) is 17.7 Å². The first-order chi connectivity index (χ1) is 9.04. The van der Waals surface area contributed by atoms with Crippen molar-refractivity contribution in [2.45, 2.75) is 33.6 Å². The van der Waals surface area contributed by atoms with E-state index in [0.29, 0.717) is 18.4 Å². The lowest BCUT2D eigenvalue weighted by molar-refractivity contribution is 0.489. The topological polar surface area (TPSA) is 56.7 Å². The van der Waals surface area contributed by atoms with Gasteiger partial charge in [-0.05, 0) is 31.9 Å². The molecule has 0 aliphatic rings. The molecule has 0 saturated heterocycles. The van der Waals surface area contributed by atoms with E-state index in [1.807, 2.05) is 32.4 Å². The molecule has 2 aromatic rings. The first kappa shape index (κ1) is 13.7. The van der Waals surface area contributed by atoms with Crippen molar-refractivity contribution in [2.75, 3.05) is 6.54 Å². The van der Waals surface area contributed by atoms with Crippen LogP contribution in [-0.2, 0) is 0 Å². The molecule has 4 nitrogen and oxygen atoms in total. The number of hydrogen-bond donors (Lipinski definition) is 1. The quantitative estimate of drug-likeness (QED) is 0.917. The van der Waals surface area contributed by atoms with Crippen LogP contribution in [0.3, 0.4) is 0 Å². The maximum Gasteiger partial charge on any atom is 0.0994 e. The van der Waals surface area contributed by atoms with Gasteiger partial charge in [-0.15, -0.1) is 0 Å². The SMILES string of the molecule is Cc1ccc(-n2cncc2C(CN)C(C)C)c(C)n1. The smallest absolute Gasteiger partial charge is 0.0994 e. The minimum atomic E-state index is 0.309. The molecule has 2 N–H and O–H groups in total. The predicted octanol–water partition coefficient (Wildman–Crippen LogP) is 2.58. The van der Waals surface area contributed by atoms with E-state index in [-0.39, 0.29) is 0 Å². The number of nitrogens with zero attached hydrogens (tertiary/aromatic N) is 3. The van der Waals surface area contributed by atoms with Gasteiger partial charge in [0.2, 0.25) is 0 Å². The summed E-state index contributed by atoms with van der Waals surface area (Å²) in [6.07, 6.45) is 3.76. The van der Waals surface area contributed by atoms with Crippen LogP contribution in [-0.4, -0.2) is 21.1 Å². The van der Waals surface area contributed by atoms with Gasteiger partial charge in [0.15, 0.2) is 0 Å². The maximum atomic E-state index is 5.92. The average Bonchev–Trinajstić information content (AvgIpc) is 2.78. The van der Waals surface area contributed by atoms with Crippen LogP contribution >= 0.6 is 0 Å². The fraction of sp³-hybridized carbons (Fsp3) is 0.467. The van der Waals surface area contributed by atoms with Crippen molar-refractivity contribution < 1.29 is 0 Å². The Morgan fingerprint density at radius 3 is 2.58 bits per heavy atom. The van der Waals surface area contributed by atoms with Gasteiger partial charge >= 0.3 is 0 Å². The number of imidazole rings is 1. The summed E-state index contributed by atoms with van der Waals surface area (Å²) in [7, 11) is 0. The lowest BCUT2D eigenvalue weighted by Crippen LogP contribution is -2.20. The van der Waals surface area contributed by atoms with E-state index in [1.54, 1.807) is 0 Å². The van der Waals surface area contributed by atoms with Gasteiger partial charge in [-0.1, -0.05) is 13.8 Å². The second-order valence-electron chi connectivity index (χ2n) is 5.33. The fourth-order valence-corrected chi connectivity index (χ4v) is 2.45. The van der Waals surface area contributed by atoms with Crippen LogP contribution in [0.5, 0.6) is 0 Å². The van der Waals surface area contributed by atoms with Crippen LogP contribution in [0.2, 0.25) is 0 Å². The van der Waals surface area contributed by atoms with E-state index in [0.717, 1.165) is 22.8 Å². The zero-order valence-electron chi connectivity index (χ0n) is 12.1. The van der Waals surface area contributed by atoms with Gasteiger partial charge in [0.1, 0.15) is 0 Å². The highest BCUT2D eigenvalue weighted by Gasteiger charge is 2.19. The molecule has 0 amide bonds. The van der Waals surface area contributed by atoms with Crippen LogP contribution < -0.4 is 5.73 Å². The largest absolute Gasteiger partial charge is 0.330 e.